The van der Waals surface area contributed by atoms with E-state index >= 15 is 0 Å². The molecule has 9 heteroatoms. The van der Waals surface area contributed by atoms with Gasteiger partial charge in [-0.05, 0) is 54.1 Å². The van der Waals surface area contributed by atoms with Crippen LogP contribution in [0.1, 0.15) is 25.5 Å². The van der Waals surface area contributed by atoms with Gasteiger partial charge in [0.05, 0.1) is 18.4 Å². The van der Waals surface area contributed by atoms with Crippen LogP contribution in [0.15, 0.2) is 53.7 Å². The van der Waals surface area contributed by atoms with E-state index in [2.05, 4.69) is 20.8 Å². The van der Waals surface area contributed by atoms with Gasteiger partial charge < -0.3 is 10.1 Å². The standard InChI is InChI=1S/C19H20ClN5O2S/c1-3-27-17-7-5-4-6-16(17)25-19(22-23-24-25)28-12-18(26)21-13(2)14-8-10-15(20)11-9-14/h4-11,13H,3,12H2,1-2H3,(H,21,26)/t13-/m1/s1. The smallest absolute Gasteiger partial charge is 0.230 e. The number of para-hydroxylation sites is 2. The van der Waals surface area contributed by atoms with Gasteiger partial charge >= 0.3 is 0 Å². The second-order valence-electron chi connectivity index (χ2n) is 5.90. The van der Waals surface area contributed by atoms with Gasteiger partial charge in [0.25, 0.3) is 0 Å². The molecule has 0 aliphatic carbocycles. The highest BCUT2D eigenvalue weighted by molar-refractivity contribution is 7.99. The molecular weight excluding hydrogens is 398 g/mol. The Bertz CT molecular complexity index is 932. The van der Waals surface area contributed by atoms with Crippen LogP contribution in [-0.2, 0) is 4.79 Å². The van der Waals surface area contributed by atoms with Crippen LogP contribution >= 0.6 is 23.4 Å². The van der Waals surface area contributed by atoms with Crippen molar-refractivity contribution < 1.29 is 9.53 Å². The number of tetrazole rings is 1. The zero-order valence-corrected chi connectivity index (χ0v) is 17.1. The van der Waals surface area contributed by atoms with Crippen LogP contribution in [0.5, 0.6) is 5.75 Å². The number of thioether (sulfide) groups is 1. The average Bonchev–Trinajstić information content (AvgIpc) is 3.16. The minimum atomic E-state index is -0.125. The van der Waals surface area contributed by atoms with E-state index in [0.717, 1.165) is 11.3 Å². The topological polar surface area (TPSA) is 81.9 Å². The molecule has 0 aliphatic heterocycles. The van der Waals surface area contributed by atoms with Crippen molar-refractivity contribution in [3.63, 3.8) is 0 Å². The summed E-state index contributed by atoms with van der Waals surface area (Å²) >= 11 is 7.17. The summed E-state index contributed by atoms with van der Waals surface area (Å²) in [4.78, 5) is 12.3. The van der Waals surface area contributed by atoms with E-state index in [9.17, 15) is 4.79 Å². The van der Waals surface area contributed by atoms with E-state index in [1.807, 2.05) is 50.2 Å². The van der Waals surface area contributed by atoms with Gasteiger partial charge in [0, 0.05) is 5.02 Å². The number of benzene rings is 2. The summed E-state index contributed by atoms with van der Waals surface area (Å²) in [7, 11) is 0. The number of carbonyl (C=O) groups is 1. The molecule has 146 valence electrons. The molecule has 0 saturated carbocycles. The van der Waals surface area contributed by atoms with Crippen molar-refractivity contribution in [1.29, 1.82) is 0 Å². The van der Waals surface area contributed by atoms with Gasteiger partial charge in [-0.15, -0.1) is 5.10 Å². The van der Waals surface area contributed by atoms with E-state index in [4.69, 9.17) is 16.3 Å². The van der Waals surface area contributed by atoms with Crippen LogP contribution in [0.2, 0.25) is 5.02 Å². The first-order chi connectivity index (χ1) is 13.6. The molecule has 7 nitrogen and oxygen atoms in total. The van der Waals surface area contributed by atoms with Crippen molar-refractivity contribution in [3.8, 4) is 11.4 Å². The fraction of sp³-hybridized carbons (Fsp3) is 0.263. The van der Waals surface area contributed by atoms with Gasteiger partial charge in [0.1, 0.15) is 11.4 Å². The van der Waals surface area contributed by atoms with Gasteiger partial charge in [-0.2, -0.15) is 4.68 Å². The second kappa shape index (κ2) is 9.57. The lowest BCUT2D eigenvalue weighted by Gasteiger charge is -2.14. The Morgan fingerprint density at radius 2 is 2.00 bits per heavy atom. The molecule has 28 heavy (non-hydrogen) atoms. The number of ether oxygens (including phenoxy) is 1. The third kappa shape index (κ3) is 5.02. The maximum Gasteiger partial charge on any atom is 0.230 e. The molecule has 0 fully saturated rings. The lowest BCUT2D eigenvalue weighted by atomic mass is 10.1. The minimum absolute atomic E-state index is 0.111. The summed E-state index contributed by atoms with van der Waals surface area (Å²) in [6, 6.07) is 14.8. The summed E-state index contributed by atoms with van der Waals surface area (Å²) in [5, 5.41) is 15.9. The molecule has 1 aromatic heterocycles. The van der Waals surface area contributed by atoms with Crippen LogP contribution in [0, 0.1) is 0 Å². The van der Waals surface area contributed by atoms with Gasteiger partial charge in [-0.3, -0.25) is 4.79 Å². The van der Waals surface area contributed by atoms with Gasteiger partial charge in [-0.1, -0.05) is 47.6 Å². The Morgan fingerprint density at radius 1 is 1.25 bits per heavy atom. The molecular formula is C19H20ClN5O2S. The molecule has 0 saturated heterocycles. The maximum absolute atomic E-state index is 12.3. The number of carbonyl (C=O) groups excluding carboxylic acids is 1. The van der Waals surface area contributed by atoms with Gasteiger partial charge in [0.2, 0.25) is 11.1 Å². The normalized spacial score (nSPS) is 11.8. The molecule has 1 atom stereocenters. The van der Waals surface area contributed by atoms with Crippen molar-refractivity contribution in [1.82, 2.24) is 25.5 Å². The quantitative estimate of drug-likeness (QED) is 0.563. The number of halogens is 1. The monoisotopic (exact) mass is 417 g/mol. The molecule has 0 bridgehead atoms. The van der Waals surface area contributed by atoms with Crippen molar-refractivity contribution >= 4 is 29.3 Å². The van der Waals surface area contributed by atoms with Crippen LogP contribution in [-0.4, -0.2) is 38.5 Å². The highest BCUT2D eigenvalue weighted by Gasteiger charge is 2.16. The molecule has 3 rings (SSSR count). The molecule has 1 amide bonds. The van der Waals surface area contributed by atoms with Crippen molar-refractivity contribution in [2.24, 2.45) is 0 Å². The van der Waals surface area contributed by atoms with E-state index in [0.29, 0.717) is 22.5 Å². The number of nitrogens with one attached hydrogen (secondary N) is 1. The fourth-order valence-electron chi connectivity index (χ4n) is 2.58. The first-order valence-electron chi connectivity index (χ1n) is 8.76. The summed E-state index contributed by atoms with van der Waals surface area (Å²) in [5.74, 6) is 0.759. The van der Waals surface area contributed by atoms with Crippen molar-refractivity contribution in [3.05, 3.63) is 59.1 Å². The first-order valence-corrected chi connectivity index (χ1v) is 10.1. The first kappa shape index (κ1) is 20.2. The van der Waals surface area contributed by atoms with E-state index in [-0.39, 0.29) is 17.7 Å². The molecule has 0 spiro atoms. The molecule has 0 aliphatic rings. The molecule has 1 N–H and O–H groups in total. The highest BCUT2D eigenvalue weighted by atomic mass is 35.5. The van der Waals surface area contributed by atoms with Crippen LogP contribution in [0.4, 0.5) is 0 Å². The number of aromatic nitrogens is 4. The maximum atomic E-state index is 12.3. The molecule has 0 radical (unpaired) electrons. The zero-order valence-electron chi connectivity index (χ0n) is 15.5. The number of nitrogens with zero attached hydrogens (tertiary/aromatic N) is 4. The number of amides is 1. The predicted molar refractivity (Wildman–Crippen MR) is 109 cm³/mol. The van der Waals surface area contributed by atoms with Crippen LogP contribution in [0.3, 0.4) is 0 Å². The van der Waals surface area contributed by atoms with E-state index in [1.54, 1.807) is 16.8 Å². The lowest BCUT2D eigenvalue weighted by Crippen LogP contribution is -2.28. The number of hydrogen-bond acceptors (Lipinski definition) is 6. The van der Waals surface area contributed by atoms with Gasteiger partial charge in [-0.25, -0.2) is 0 Å². The second-order valence-corrected chi connectivity index (χ2v) is 7.28. The Hall–Kier alpha value is -2.58. The van der Waals surface area contributed by atoms with Crippen LogP contribution < -0.4 is 10.1 Å². The fourth-order valence-corrected chi connectivity index (χ4v) is 3.40. The average molecular weight is 418 g/mol. The summed E-state index contributed by atoms with van der Waals surface area (Å²) in [6.07, 6.45) is 0. The molecule has 3 aromatic rings. The third-order valence-electron chi connectivity index (χ3n) is 3.91. The number of hydrogen-bond donors (Lipinski definition) is 1. The predicted octanol–water partition coefficient (Wildman–Crippen LogP) is 3.68. The van der Waals surface area contributed by atoms with Gasteiger partial charge in [0.15, 0.2) is 0 Å². The van der Waals surface area contributed by atoms with Crippen molar-refractivity contribution in [2.75, 3.05) is 12.4 Å². The minimum Gasteiger partial charge on any atom is -0.492 e. The summed E-state index contributed by atoms with van der Waals surface area (Å²) in [5.41, 5.74) is 1.71. The third-order valence-corrected chi connectivity index (χ3v) is 5.09. The van der Waals surface area contributed by atoms with E-state index in [1.165, 1.54) is 11.8 Å². The Kier molecular flexibility index (Phi) is 6.89. The summed E-state index contributed by atoms with van der Waals surface area (Å²) < 4.78 is 7.21. The molecule has 0 unspecified atom stereocenters. The van der Waals surface area contributed by atoms with Crippen molar-refractivity contribution in [2.45, 2.75) is 25.0 Å². The zero-order chi connectivity index (χ0) is 19.9. The Labute approximate surface area is 172 Å². The highest BCUT2D eigenvalue weighted by Crippen LogP contribution is 2.26. The van der Waals surface area contributed by atoms with Crippen LogP contribution in [0.25, 0.3) is 5.69 Å². The van der Waals surface area contributed by atoms with E-state index < -0.39 is 0 Å². The summed E-state index contributed by atoms with van der Waals surface area (Å²) in [6.45, 7) is 4.37. The molecule has 1 heterocycles. The Morgan fingerprint density at radius 3 is 2.75 bits per heavy atom. The lowest BCUT2D eigenvalue weighted by molar-refractivity contribution is -0.119. The largest absolute Gasteiger partial charge is 0.492 e. The SMILES string of the molecule is CCOc1ccccc1-n1nnnc1SCC(=O)N[C@H](C)c1ccc(Cl)cc1. The Balaban J connectivity index is 1.64. The molecule has 2 aromatic carbocycles. The number of rotatable bonds is 8.